The molecule has 36 heavy (non-hydrogen) atoms. The summed E-state index contributed by atoms with van der Waals surface area (Å²) in [4.78, 5) is 64.9. The predicted octanol–water partition coefficient (Wildman–Crippen LogP) is 0.986. The standard InChI is InChI=1S/C20H26FN3O10P2/c1-11-10-34-19-16-12(18(25)13(20(26)27)9-24(11)16)8-14(21)17(19)23-6-4-22(5-7-23)3-2-15(35(28,29)30)36(31,32)33/h8-9,11,15H,2-7,10H2,1H3,(H,26,27)(H2,28,29,30)(H2,31,32,33). The van der Waals surface area contributed by atoms with Crippen LogP contribution >= 0.6 is 15.2 Å². The summed E-state index contributed by atoms with van der Waals surface area (Å²) in [5.41, 5.74) is -0.859. The van der Waals surface area contributed by atoms with Crippen LogP contribution in [0, 0.1) is 5.82 Å². The second-order valence-corrected chi connectivity index (χ2v) is 13.0. The monoisotopic (exact) mass is 549 g/mol. The van der Waals surface area contributed by atoms with Crippen molar-refractivity contribution < 1.29 is 47.7 Å². The van der Waals surface area contributed by atoms with Crippen LogP contribution in [0.1, 0.15) is 29.7 Å². The van der Waals surface area contributed by atoms with Crippen molar-refractivity contribution in [1.29, 1.82) is 0 Å². The van der Waals surface area contributed by atoms with Crippen molar-refractivity contribution in [2.75, 3.05) is 44.2 Å². The second-order valence-electron chi connectivity index (χ2n) is 8.95. The predicted molar refractivity (Wildman–Crippen MR) is 126 cm³/mol. The van der Waals surface area contributed by atoms with Gasteiger partial charge in [0.1, 0.15) is 17.9 Å². The Morgan fingerprint density at radius 1 is 1.17 bits per heavy atom. The Balaban J connectivity index is 1.60. The first-order chi connectivity index (χ1) is 16.7. The summed E-state index contributed by atoms with van der Waals surface area (Å²) in [5, 5.41) is 7.21. The molecule has 1 fully saturated rings. The van der Waals surface area contributed by atoms with Crippen LogP contribution in [0.4, 0.5) is 10.1 Å². The highest BCUT2D eigenvalue weighted by molar-refractivity contribution is 7.70. The quantitative estimate of drug-likeness (QED) is 0.308. The molecule has 0 bridgehead atoms. The van der Waals surface area contributed by atoms with Crippen LogP contribution in [0.15, 0.2) is 17.1 Å². The van der Waals surface area contributed by atoms with E-state index in [2.05, 4.69) is 0 Å². The number of piperazine rings is 1. The van der Waals surface area contributed by atoms with Crippen molar-refractivity contribution in [1.82, 2.24) is 9.47 Å². The van der Waals surface area contributed by atoms with Crippen molar-refractivity contribution >= 4 is 37.8 Å². The highest BCUT2D eigenvalue weighted by Gasteiger charge is 2.43. The van der Waals surface area contributed by atoms with Gasteiger partial charge >= 0.3 is 21.2 Å². The maximum absolute atomic E-state index is 15.3. The molecule has 1 saturated heterocycles. The van der Waals surface area contributed by atoms with E-state index >= 15 is 4.39 Å². The van der Waals surface area contributed by atoms with Crippen molar-refractivity contribution in [3.8, 4) is 5.75 Å². The average molecular weight is 549 g/mol. The lowest BCUT2D eigenvalue weighted by molar-refractivity contribution is 0.0694. The molecule has 0 spiro atoms. The molecule has 198 valence electrons. The molecule has 5 N–H and O–H groups in total. The molecule has 1 aromatic heterocycles. The number of aromatic nitrogens is 1. The Morgan fingerprint density at radius 3 is 2.33 bits per heavy atom. The first-order valence-corrected chi connectivity index (χ1v) is 14.4. The number of pyridine rings is 1. The third-order valence-corrected chi connectivity index (χ3v) is 10.4. The fraction of sp³-hybridized carbons (Fsp3) is 0.500. The lowest BCUT2D eigenvalue weighted by Gasteiger charge is -2.38. The minimum atomic E-state index is -5.01. The van der Waals surface area contributed by atoms with Gasteiger partial charge in [0.15, 0.2) is 17.0 Å². The van der Waals surface area contributed by atoms with Gasteiger partial charge in [-0.2, -0.15) is 0 Å². The minimum Gasteiger partial charge on any atom is -0.487 e. The molecular weight excluding hydrogens is 523 g/mol. The molecule has 4 rings (SSSR count). The van der Waals surface area contributed by atoms with Crippen molar-refractivity contribution in [3.05, 3.63) is 33.9 Å². The van der Waals surface area contributed by atoms with Gasteiger partial charge in [-0.05, 0) is 26.0 Å². The van der Waals surface area contributed by atoms with Gasteiger partial charge in [-0.25, -0.2) is 9.18 Å². The maximum Gasteiger partial charge on any atom is 0.341 e. The fourth-order valence-corrected chi connectivity index (χ4v) is 7.16. The minimum absolute atomic E-state index is 0.0211. The zero-order valence-electron chi connectivity index (χ0n) is 19.2. The maximum atomic E-state index is 15.3. The number of ether oxygens (including phenoxy) is 1. The highest BCUT2D eigenvalue weighted by atomic mass is 31.2. The molecule has 13 nitrogen and oxygen atoms in total. The van der Waals surface area contributed by atoms with Crippen molar-refractivity contribution in [2.45, 2.75) is 24.8 Å². The molecule has 3 heterocycles. The summed E-state index contributed by atoms with van der Waals surface area (Å²) < 4.78 is 45.8. The molecule has 0 saturated carbocycles. The first kappa shape index (κ1) is 26.7. The molecule has 0 aliphatic carbocycles. The Kier molecular flexibility index (Phi) is 7.08. The van der Waals surface area contributed by atoms with Gasteiger partial charge in [-0.1, -0.05) is 0 Å². The third kappa shape index (κ3) is 4.95. The number of anilines is 1. The molecule has 0 amide bonds. The summed E-state index contributed by atoms with van der Waals surface area (Å²) in [6, 6.07) is 0.711. The van der Waals surface area contributed by atoms with Crippen molar-refractivity contribution in [2.24, 2.45) is 0 Å². The van der Waals surface area contributed by atoms with Gasteiger partial charge in [-0.3, -0.25) is 18.8 Å². The van der Waals surface area contributed by atoms with Gasteiger partial charge in [0.25, 0.3) is 0 Å². The number of benzene rings is 1. The van der Waals surface area contributed by atoms with Gasteiger partial charge < -0.3 is 38.9 Å². The molecular formula is C20H26FN3O10P2. The number of hydrogen-bond donors (Lipinski definition) is 5. The van der Waals surface area contributed by atoms with Crippen LogP contribution in [-0.4, -0.2) is 84.8 Å². The third-order valence-electron chi connectivity index (χ3n) is 6.54. The van der Waals surface area contributed by atoms with E-state index in [-0.39, 0.29) is 49.1 Å². The summed E-state index contributed by atoms with van der Waals surface area (Å²) in [6.07, 6.45) is 0.824. The first-order valence-electron chi connectivity index (χ1n) is 11.0. The number of halogens is 1. The number of carboxylic acids is 1. The number of aromatic carboxylic acids is 1. The molecule has 16 heteroatoms. The molecule has 1 unspecified atom stereocenters. The van der Waals surface area contributed by atoms with Crippen LogP contribution in [0.5, 0.6) is 5.75 Å². The Hall–Kier alpha value is -2.31. The van der Waals surface area contributed by atoms with Gasteiger partial charge in [0.2, 0.25) is 5.43 Å². The lowest BCUT2D eigenvalue weighted by Crippen LogP contribution is -2.47. The van der Waals surface area contributed by atoms with Crippen LogP contribution in [-0.2, 0) is 9.13 Å². The Labute approximate surface area is 204 Å². The lowest BCUT2D eigenvalue weighted by atomic mass is 10.1. The fourth-order valence-electron chi connectivity index (χ4n) is 4.68. The van der Waals surface area contributed by atoms with E-state index in [4.69, 9.17) is 4.74 Å². The van der Waals surface area contributed by atoms with Crippen LogP contribution in [0.25, 0.3) is 10.9 Å². The number of carbonyl (C=O) groups is 1. The molecule has 0 radical (unpaired) electrons. The molecule has 2 aliphatic heterocycles. The van der Waals surface area contributed by atoms with Crippen LogP contribution < -0.4 is 15.1 Å². The van der Waals surface area contributed by atoms with Gasteiger partial charge in [0, 0.05) is 32.4 Å². The molecule has 2 aliphatic rings. The van der Waals surface area contributed by atoms with Gasteiger partial charge in [-0.15, -0.1) is 0 Å². The largest absolute Gasteiger partial charge is 0.487 e. The van der Waals surface area contributed by atoms with E-state index in [1.54, 1.807) is 21.3 Å². The number of carboxylic acid groups (broad SMARTS) is 1. The number of nitrogens with zero attached hydrogens (tertiary/aromatic N) is 3. The Morgan fingerprint density at radius 2 is 1.78 bits per heavy atom. The average Bonchev–Trinajstić information content (AvgIpc) is 2.76. The molecule has 1 aromatic carbocycles. The second kappa shape index (κ2) is 9.53. The summed E-state index contributed by atoms with van der Waals surface area (Å²) in [7, 11) is -10.0. The van der Waals surface area contributed by atoms with Crippen LogP contribution in [0.2, 0.25) is 0 Å². The van der Waals surface area contributed by atoms with E-state index in [9.17, 15) is 43.4 Å². The van der Waals surface area contributed by atoms with Crippen LogP contribution in [0.3, 0.4) is 0 Å². The van der Waals surface area contributed by atoms with E-state index in [1.165, 1.54) is 6.20 Å². The normalized spacial score (nSPS) is 19.1. The van der Waals surface area contributed by atoms with E-state index in [1.807, 2.05) is 0 Å². The Bertz CT molecular complexity index is 1340. The van der Waals surface area contributed by atoms with E-state index in [0.717, 1.165) is 6.07 Å². The highest BCUT2D eigenvalue weighted by Crippen LogP contribution is 2.61. The summed E-state index contributed by atoms with van der Waals surface area (Å²) in [6.45, 7) is 3.09. The molecule has 1 atom stereocenters. The SMILES string of the molecule is CC1COc2c(N3CCN(CCC(P(=O)(O)O)P(=O)(O)O)CC3)c(F)cc3c(=O)c(C(=O)O)cn1c23. The smallest absolute Gasteiger partial charge is 0.341 e. The summed E-state index contributed by atoms with van der Waals surface area (Å²) >= 11 is 0. The zero-order valence-corrected chi connectivity index (χ0v) is 20.9. The topological polar surface area (TPSA) is 190 Å². The van der Waals surface area contributed by atoms with Crippen molar-refractivity contribution in [3.63, 3.8) is 0 Å². The van der Waals surface area contributed by atoms with E-state index < -0.39 is 49.8 Å². The van der Waals surface area contributed by atoms with Gasteiger partial charge in [0.05, 0.1) is 16.9 Å². The summed E-state index contributed by atoms with van der Waals surface area (Å²) in [5.74, 6) is -2.03. The number of hydrogen-bond acceptors (Lipinski definition) is 7. The zero-order chi connectivity index (χ0) is 26.6. The number of rotatable bonds is 7. The van der Waals surface area contributed by atoms with E-state index in [0.29, 0.717) is 18.6 Å². The molecule has 2 aromatic rings.